The molecule has 0 spiro atoms. The van der Waals surface area contributed by atoms with Crippen LogP contribution in [0.4, 0.5) is 0 Å². The van der Waals surface area contributed by atoms with E-state index in [0.29, 0.717) is 24.9 Å². The number of esters is 1. The summed E-state index contributed by atoms with van der Waals surface area (Å²) in [6, 6.07) is 0.857. The van der Waals surface area contributed by atoms with Crippen molar-refractivity contribution < 1.29 is 19.5 Å². The van der Waals surface area contributed by atoms with E-state index in [2.05, 4.69) is 11.8 Å². The summed E-state index contributed by atoms with van der Waals surface area (Å²) in [6.45, 7) is 0. The third-order valence-electron chi connectivity index (χ3n) is 3.89. The summed E-state index contributed by atoms with van der Waals surface area (Å²) in [5.41, 5.74) is -1.21. The van der Waals surface area contributed by atoms with E-state index in [1.54, 1.807) is 0 Å². The van der Waals surface area contributed by atoms with E-state index < -0.39 is 11.6 Å². The van der Waals surface area contributed by atoms with Crippen LogP contribution in [0.3, 0.4) is 0 Å². The summed E-state index contributed by atoms with van der Waals surface area (Å²) in [6.07, 6.45) is 3.36. The fraction of sp³-hybridized carbons (Fsp3) is 0.900. The molecule has 2 unspecified atom stereocenters. The Morgan fingerprint density at radius 2 is 1.93 bits per heavy atom. The first kappa shape index (κ1) is 9.93. The highest BCUT2D eigenvalue weighted by molar-refractivity contribution is 5.79. The van der Waals surface area contributed by atoms with Crippen molar-refractivity contribution in [3.63, 3.8) is 0 Å². The molecule has 4 nitrogen and oxygen atoms in total. The van der Waals surface area contributed by atoms with Gasteiger partial charge in [-0.1, -0.05) is 0 Å². The van der Waals surface area contributed by atoms with Crippen LogP contribution < -0.4 is 4.90 Å². The zero-order valence-corrected chi connectivity index (χ0v) is 8.75. The molecule has 0 aromatic heterocycles. The van der Waals surface area contributed by atoms with Crippen molar-refractivity contribution >= 4 is 5.97 Å². The predicted molar refractivity (Wildman–Crippen MR) is 49.9 cm³/mol. The summed E-state index contributed by atoms with van der Waals surface area (Å²) in [5.74, 6) is -0.457. The molecule has 2 saturated heterocycles. The van der Waals surface area contributed by atoms with Gasteiger partial charge < -0.3 is 14.7 Å². The largest absolute Gasteiger partial charge is 0.467 e. The molecule has 2 heterocycles. The summed E-state index contributed by atoms with van der Waals surface area (Å²) >= 11 is 0. The molecule has 0 aromatic rings. The Morgan fingerprint density at radius 3 is 2.36 bits per heavy atom. The highest BCUT2D eigenvalue weighted by Gasteiger charge is 2.53. The molecule has 2 N–H and O–H groups in total. The van der Waals surface area contributed by atoms with Gasteiger partial charge in [0, 0.05) is 25.7 Å². The number of quaternary nitrogens is 1. The summed E-state index contributed by atoms with van der Waals surface area (Å²) in [4.78, 5) is 12.9. The monoisotopic (exact) mass is 200 g/mol. The number of piperidine rings is 1. The first-order valence-electron chi connectivity index (χ1n) is 5.21. The Labute approximate surface area is 83.8 Å². The second-order valence-electron chi connectivity index (χ2n) is 4.65. The molecule has 0 aromatic carbocycles. The van der Waals surface area contributed by atoms with E-state index in [1.807, 2.05) is 0 Å². The Hall–Kier alpha value is -0.610. The third-order valence-corrected chi connectivity index (χ3v) is 3.89. The van der Waals surface area contributed by atoms with Crippen molar-refractivity contribution in [3.05, 3.63) is 0 Å². The first-order chi connectivity index (χ1) is 6.57. The van der Waals surface area contributed by atoms with Crippen molar-refractivity contribution in [2.45, 2.75) is 43.4 Å². The Balaban J connectivity index is 2.15. The molecule has 0 aliphatic carbocycles. The van der Waals surface area contributed by atoms with Crippen molar-refractivity contribution in [1.82, 2.24) is 0 Å². The molecule has 80 valence electrons. The van der Waals surface area contributed by atoms with Gasteiger partial charge in [-0.05, 0) is 0 Å². The average molecular weight is 200 g/mol. The average Bonchev–Trinajstić information content (AvgIpc) is 2.42. The number of nitrogens with one attached hydrogen (secondary N) is 1. The van der Waals surface area contributed by atoms with Crippen molar-refractivity contribution in [1.29, 1.82) is 0 Å². The SMILES string of the molecule is COC(=O)C1(O)C[C@H]2CC[C@@H](C1)[NH+]2C. The maximum absolute atomic E-state index is 11.4. The van der Waals surface area contributed by atoms with Crippen LogP contribution in [0.5, 0.6) is 0 Å². The molecular formula is C10H18NO3+. The van der Waals surface area contributed by atoms with Gasteiger partial charge in [0.1, 0.15) is 0 Å². The number of carbonyl (C=O) groups excluding carboxylic acids is 1. The van der Waals surface area contributed by atoms with Gasteiger partial charge in [0.15, 0.2) is 5.60 Å². The van der Waals surface area contributed by atoms with Crippen LogP contribution in [-0.2, 0) is 9.53 Å². The standard InChI is InChI=1S/C10H17NO3/c1-11-7-3-4-8(11)6-10(13,5-7)9(12)14-2/h7-8,13H,3-6H2,1-2H3/p+1/t7-,8+,10?. The minimum Gasteiger partial charge on any atom is -0.467 e. The van der Waals surface area contributed by atoms with E-state index in [0.717, 1.165) is 12.8 Å². The minimum atomic E-state index is -1.21. The molecule has 4 atom stereocenters. The number of fused-ring (bicyclic) bond motifs is 2. The number of rotatable bonds is 1. The van der Waals surface area contributed by atoms with Gasteiger partial charge in [-0.2, -0.15) is 0 Å². The van der Waals surface area contributed by atoms with Gasteiger partial charge in [-0.15, -0.1) is 0 Å². The third kappa shape index (κ3) is 1.33. The highest BCUT2D eigenvalue weighted by Crippen LogP contribution is 2.31. The van der Waals surface area contributed by atoms with Crippen LogP contribution in [0.2, 0.25) is 0 Å². The van der Waals surface area contributed by atoms with Crippen molar-refractivity contribution in [2.75, 3.05) is 14.2 Å². The lowest BCUT2D eigenvalue weighted by atomic mass is 9.86. The van der Waals surface area contributed by atoms with Crippen LogP contribution >= 0.6 is 0 Å². The van der Waals surface area contributed by atoms with Gasteiger partial charge >= 0.3 is 5.97 Å². The normalized spacial score (nSPS) is 46.4. The maximum atomic E-state index is 11.4. The molecule has 0 amide bonds. The smallest absolute Gasteiger partial charge is 0.338 e. The van der Waals surface area contributed by atoms with Gasteiger partial charge in [-0.3, -0.25) is 0 Å². The van der Waals surface area contributed by atoms with E-state index in [-0.39, 0.29) is 0 Å². The molecule has 2 fully saturated rings. The van der Waals surface area contributed by atoms with Crippen LogP contribution in [0.15, 0.2) is 0 Å². The number of hydrogen-bond acceptors (Lipinski definition) is 3. The summed E-state index contributed by atoms with van der Waals surface area (Å²) in [7, 11) is 3.49. The second kappa shape index (κ2) is 3.21. The molecule has 0 saturated carbocycles. The molecule has 0 radical (unpaired) electrons. The summed E-state index contributed by atoms with van der Waals surface area (Å²) in [5, 5.41) is 10.2. The molecule has 2 bridgehead atoms. The molecule has 14 heavy (non-hydrogen) atoms. The fourth-order valence-corrected chi connectivity index (χ4v) is 2.97. The molecule has 2 aliphatic heterocycles. The fourth-order valence-electron chi connectivity index (χ4n) is 2.97. The van der Waals surface area contributed by atoms with Crippen LogP contribution in [-0.4, -0.2) is 42.9 Å². The number of aliphatic hydroxyl groups is 1. The molecular weight excluding hydrogens is 182 g/mol. The Kier molecular flexibility index (Phi) is 2.27. The van der Waals surface area contributed by atoms with E-state index in [9.17, 15) is 9.90 Å². The number of methoxy groups -OCH3 is 1. The van der Waals surface area contributed by atoms with Gasteiger partial charge in [0.25, 0.3) is 0 Å². The number of ether oxygens (including phenoxy) is 1. The minimum absolute atomic E-state index is 0.429. The van der Waals surface area contributed by atoms with Crippen molar-refractivity contribution in [3.8, 4) is 0 Å². The van der Waals surface area contributed by atoms with Crippen LogP contribution in [0.1, 0.15) is 25.7 Å². The van der Waals surface area contributed by atoms with E-state index in [1.165, 1.54) is 12.0 Å². The number of carbonyl (C=O) groups is 1. The zero-order chi connectivity index (χ0) is 10.3. The van der Waals surface area contributed by atoms with Gasteiger partial charge in [0.05, 0.1) is 26.2 Å². The molecule has 2 aliphatic rings. The number of hydrogen-bond donors (Lipinski definition) is 2. The first-order valence-corrected chi connectivity index (χ1v) is 5.21. The van der Waals surface area contributed by atoms with Gasteiger partial charge in [0.2, 0.25) is 0 Å². The summed E-state index contributed by atoms with van der Waals surface area (Å²) < 4.78 is 4.65. The molecule has 2 rings (SSSR count). The van der Waals surface area contributed by atoms with Crippen molar-refractivity contribution in [2.24, 2.45) is 0 Å². The van der Waals surface area contributed by atoms with Gasteiger partial charge in [-0.25, -0.2) is 4.79 Å². The van der Waals surface area contributed by atoms with E-state index in [4.69, 9.17) is 0 Å². The van der Waals surface area contributed by atoms with Crippen LogP contribution in [0, 0.1) is 0 Å². The van der Waals surface area contributed by atoms with Crippen LogP contribution in [0.25, 0.3) is 0 Å². The quantitative estimate of drug-likeness (QED) is 0.519. The lowest BCUT2D eigenvalue weighted by molar-refractivity contribution is -0.924. The second-order valence-corrected chi connectivity index (χ2v) is 4.65. The Morgan fingerprint density at radius 1 is 1.43 bits per heavy atom. The predicted octanol–water partition coefficient (Wildman–Crippen LogP) is -1.27. The lowest BCUT2D eigenvalue weighted by Gasteiger charge is -2.37. The topological polar surface area (TPSA) is 51.0 Å². The maximum Gasteiger partial charge on any atom is 0.338 e. The zero-order valence-electron chi connectivity index (χ0n) is 8.75. The van der Waals surface area contributed by atoms with E-state index >= 15 is 0 Å². The lowest BCUT2D eigenvalue weighted by Crippen LogP contribution is -3.16. The Bertz CT molecular complexity index is 240. The highest BCUT2D eigenvalue weighted by atomic mass is 16.5. The molecule has 4 heteroatoms.